The number of hydrogen-bond donors (Lipinski definition) is 2. The van der Waals surface area contributed by atoms with Crippen LogP contribution in [-0.4, -0.2) is 30.8 Å². The molecule has 0 aromatic heterocycles. The Bertz CT molecular complexity index is 613. The van der Waals surface area contributed by atoms with Gasteiger partial charge in [-0.1, -0.05) is 18.6 Å². The molecule has 1 aliphatic rings. The van der Waals surface area contributed by atoms with E-state index >= 15 is 0 Å². The van der Waals surface area contributed by atoms with E-state index in [1.165, 1.54) is 10.4 Å². The number of nitrogens with zero attached hydrogens (tertiary/aromatic N) is 1. The van der Waals surface area contributed by atoms with Crippen LogP contribution in [0.1, 0.15) is 24.8 Å². The lowest BCUT2D eigenvalue weighted by atomic mass is 10.2. The Balaban J connectivity index is 2.27. The predicted octanol–water partition coefficient (Wildman–Crippen LogP) is 1.60. The van der Waals surface area contributed by atoms with Gasteiger partial charge in [0.25, 0.3) is 0 Å². The van der Waals surface area contributed by atoms with Crippen molar-refractivity contribution < 1.29 is 12.8 Å². The second-order valence-electron chi connectivity index (χ2n) is 4.62. The van der Waals surface area contributed by atoms with Crippen LogP contribution < -0.4 is 10.5 Å². The van der Waals surface area contributed by atoms with Crippen LogP contribution in [0.15, 0.2) is 18.2 Å². The SMILES string of the molecule is NC(=S)c1cc(F)ccc1NS(=O)(=O)N1CCCCC1. The van der Waals surface area contributed by atoms with Crippen LogP contribution in [0.3, 0.4) is 0 Å². The summed E-state index contributed by atoms with van der Waals surface area (Å²) in [6, 6.07) is 3.61. The minimum atomic E-state index is -3.66. The van der Waals surface area contributed by atoms with Gasteiger partial charge in [0.1, 0.15) is 10.8 Å². The summed E-state index contributed by atoms with van der Waals surface area (Å²) in [7, 11) is -3.66. The second kappa shape index (κ2) is 6.02. The maximum atomic E-state index is 13.2. The van der Waals surface area contributed by atoms with Gasteiger partial charge in [-0.2, -0.15) is 12.7 Å². The molecule has 0 atom stereocenters. The number of anilines is 1. The molecule has 0 radical (unpaired) electrons. The van der Waals surface area contributed by atoms with Gasteiger partial charge in [-0.3, -0.25) is 4.72 Å². The number of rotatable bonds is 4. The zero-order chi connectivity index (χ0) is 14.8. The monoisotopic (exact) mass is 317 g/mol. The zero-order valence-electron chi connectivity index (χ0n) is 10.8. The third-order valence-corrected chi connectivity index (χ3v) is 4.88. The average molecular weight is 317 g/mol. The van der Waals surface area contributed by atoms with E-state index in [0.29, 0.717) is 13.1 Å². The lowest BCUT2D eigenvalue weighted by Crippen LogP contribution is -2.39. The highest BCUT2D eigenvalue weighted by Gasteiger charge is 2.24. The van der Waals surface area contributed by atoms with Gasteiger partial charge in [-0.15, -0.1) is 0 Å². The van der Waals surface area contributed by atoms with E-state index in [4.69, 9.17) is 18.0 Å². The lowest BCUT2D eigenvalue weighted by Gasteiger charge is -2.26. The lowest BCUT2D eigenvalue weighted by molar-refractivity contribution is 0.349. The summed E-state index contributed by atoms with van der Waals surface area (Å²) in [6.45, 7) is 0.970. The summed E-state index contributed by atoms with van der Waals surface area (Å²) in [5.74, 6) is -0.520. The topological polar surface area (TPSA) is 75.4 Å². The van der Waals surface area contributed by atoms with Crippen LogP contribution in [0.4, 0.5) is 10.1 Å². The van der Waals surface area contributed by atoms with Crippen LogP contribution in [0.2, 0.25) is 0 Å². The molecule has 2 rings (SSSR count). The summed E-state index contributed by atoms with van der Waals surface area (Å²) in [6.07, 6.45) is 2.71. The van der Waals surface area contributed by atoms with Crippen molar-refractivity contribution in [3.63, 3.8) is 0 Å². The summed E-state index contributed by atoms with van der Waals surface area (Å²) in [4.78, 5) is -0.0548. The Hall–Kier alpha value is -1.25. The molecule has 3 N–H and O–H groups in total. The minimum absolute atomic E-state index is 0.0548. The number of nitrogens with two attached hydrogens (primary N) is 1. The van der Waals surface area contributed by atoms with Crippen LogP contribution in [-0.2, 0) is 10.2 Å². The molecular weight excluding hydrogens is 301 g/mol. The van der Waals surface area contributed by atoms with Crippen molar-refractivity contribution in [2.24, 2.45) is 5.73 Å². The molecule has 1 aromatic rings. The molecule has 1 fully saturated rings. The maximum absolute atomic E-state index is 13.2. The predicted molar refractivity (Wildman–Crippen MR) is 80.3 cm³/mol. The molecule has 0 spiro atoms. The Labute approximate surface area is 123 Å². The van der Waals surface area contributed by atoms with E-state index in [2.05, 4.69) is 4.72 Å². The Morgan fingerprint density at radius 2 is 1.95 bits per heavy atom. The van der Waals surface area contributed by atoms with Gasteiger partial charge in [0.15, 0.2) is 0 Å². The Morgan fingerprint density at radius 1 is 1.30 bits per heavy atom. The van der Waals surface area contributed by atoms with Gasteiger partial charge in [-0.05, 0) is 31.0 Å². The fraction of sp³-hybridized carbons (Fsp3) is 0.417. The zero-order valence-corrected chi connectivity index (χ0v) is 12.4. The largest absolute Gasteiger partial charge is 0.389 e. The summed E-state index contributed by atoms with van der Waals surface area (Å²) >= 11 is 4.82. The first-order chi connectivity index (χ1) is 9.40. The van der Waals surface area contributed by atoms with Crippen molar-refractivity contribution in [2.75, 3.05) is 17.8 Å². The van der Waals surface area contributed by atoms with Crippen molar-refractivity contribution in [1.29, 1.82) is 0 Å². The van der Waals surface area contributed by atoms with E-state index in [1.54, 1.807) is 0 Å². The molecule has 1 saturated heterocycles. The van der Waals surface area contributed by atoms with Crippen LogP contribution >= 0.6 is 12.2 Å². The van der Waals surface area contributed by atoms with E-state index in [1.807, 2.05) is 0 Å². The standard InChI is InChI=1S/C12H16FN3O2S2/c13-9-4-5-11(10(8-9)12(14)19)15-20(17,18)16-6-2-1-3-7-16/h4-5,8,15H,1-3,6-7H2,(H2,14,19). The van der Waals surface area contributed by atoms with Crippen molar-refractivity contribution in [3.05, 3.63) is 29.6 Å². The summed E-state index contributed by atoms with van der Waals surface area (Å²) < 4.78 is 41.5. The number of piperidine rings is 1. The molecule has 5 nitrogen and oxygen atoms in total. The maximum Gasteiger partial charge on any atom is 0.301 e. The van der Waals surface area contributed by atoms with E-state index in [0.717, 1.165) is 31.4 Å². The molecular formula is C12H16FN3O2S2. The normalized spacial score (nSPS) is 16.9. The number of halogens is 1. The van der Waals surface area contributed by atoms with Crippen molar-refractivity contribution in [2.45, 2.75) is 19.3 Å². The Kier molecular flexibility index (Phi) is 4.56. The number of benzene rings is 1. The highest BCUT2D eigenvalue weighted by Crippen LogP contribution is 2.21. The van der Waals surface area contributed by atoms with Gasteiger partial charge in [-0.25, -0.2) is 4.39 Å². The first-order valence-electron chi connectivity index (χ1n) is 6.27. The fourth-order valence-electron chi connectivity index (χ4n) is 2.12. The third kappa shape index (κ3) is 3.44. The molecule has 1 heterocycles. The van der Waals surface area contributed by atoms with E-state index < -0.39 is 16.0 Å². The molecule has 1 aromatic carbocycles. The van der Waals surface area contributed by atoms with Gasteiger partial charge >= 0.3 is 10.2 Å². The van der Waals surface area contributed by atoms with Gasteiger partial charge in [0, 0.05) is 18.7 Å². The number of thiocarbonyl (C=S) groups is 1. The van der Waals surface area contributed by atoms with Crippen LogP contribution in [0.25, 0.3) is 0 Å². The van der Waals surface area contributed by atoms with E-state index in [-0.39, 0.29) is 16.2 Å². The van der Waals surface area contributed by atoms with Crippen molar-refractivity contribution >= 4 is 33.1 Å². The van der Waals surface area contributed by atoms with Crippen molar-refractivity contribution in [1.82, 2.24) is 4.31 Å². The van der Waals surface area contributed by atoms with Crippen LogP contribution in [0, 0.1) is 5.82 Å². The third-order valence-electron chi connectivity index (χ3n) is 3.14. The Morgan fingerprint density at radius 3 is 2.55 bits per heavy atom. The first kappa shape index (κ1) is 15.1. The smallest absolute Gasteiger partial charge is 0.301 e. The van der Waals surface area contributed by atoms with Crippen molar-refractivity contribution in [3.8, 4) is 0 Å². The molecule has 110 valence electrons. The molecule has 0 bridgehead atoms. The first-order valence-corrected chi connectivity index (χ1v) is 8.12. The molecule has 20 heavy (non-hydrogen) atoms. The fourth-order valence-corrected chi connectivity index (χ4v) is 3.61. The highest BCUT2D eigenvalue weighted by molar-refractivity contribution is 7.90. The van der Waals surface area contributed by atoms with Gasteiger partial charge in [0.2, 0.25) is 0 Å². The molecule has 0 saturated carbocycles. The molecule has 1 aliphatic heterocycles. The minimum Gasteiger partial charge on any atom is -0.389 e. The van der Waals surface area contributed by atoms with Gasteiger partial charge in [0.05, 0.1) is 5.69 Å². The molecule has 8 heteroatoms. The second-order valence-corrected chi connectivity index (χ2v) is 6.73. The number of nitrogens with one attached hydrogen (secondary N) is 1. The van der Waals surface area contributed by atoms with Crippen LogP contribution in [0.5, 0.6) is 0 Å². The molecule has 0 aliphatic carbocycles. The summed E-state index contributed by atoms with van der Waals surface area (Å²) in [5.41, 5.74) is 5.88. The molecule has 0 unspecified atom stereocenters. The van der Waals surface area contributed by atoms with E-state index in [9.17, 15) is 12.8 Å². The molecule has 0 amide bonds. The average Bonchev–Trinajstić information content (AvgIpc) is 2.41. The quantitative estimate of drug-likeness (QED) is 0.827. The number of hydrogen-bond acceptors (Lipinski definition) is 3. The highest BCUT2D eigenvalue weighted by atomic mass is 32.2. The van der Waals surface area contributed by atoms with Gasteiger partial charge < -0.3 is 5.73 Å². The summed E-state index contributed by atoms with van der Waals surface area (Å²) in [5, 5.41) is 0.